The molecule has 0 spiro atoms. The summed E-state index contributed by atoms with van der Waals surface area (Å²) in [4.78, 5) is 4.27. The van der Waals surface area contributed by atoms with E-state index in [0.717, 1.165) is 18.2 Å². The van der Waals surface area contributed by atoms with Crippen LogP contribution in [0.4, 0.5) is 5.69 Å². The number of hydrogen-bond acceptors (Lipinski definition) is 5. The fraction of sp³-hybridized carbons (Fsp3) is 0.444. The number of pyridine rings is 1. The van der Waals surface area contributed by atoms with Crippen molar-refractivity contribution in [3.05, 3.63) is 12.1 Å². The van der Waals surface area contributed by atoms with Crippen molar-refractivity contribution in [2.45, 2.75) is 10.3 Å². The average molecular weight is 212 g/mol. The van der Waals surface area contributed by atoms with Gasteiger partial charge in [-0.1, -0.05) is 11.8 Å². The predicted octanol–water partition coefficient (Wildman–Crippen LogP) is 1.16. The number of rotatable bonds is 3. The van der Waals surface area contributed by atoms with Gasteiger partial charge in [0.15, 0.2) is 0 Å². The van der Waals surface area contributed by atoms with Gasteiger partial charge in [-0.05, 0) is 6.07 Å². The first kappa shape index (κ1) is 9.61. The van der Waals surface area contributed by atoms with E-state index in [1.54, 1.807) is 24.9 Å². The fourth-order valence-corrected chi connectivity index (χ4v) is 2.07. The molecule has 1 aliphatic heterocycles. The first-order chi connectivity index (χ1) is 6.79. The molecule has 1 aliphatic rings. The van der Waals surface area contributed by atoms with Crippen LogP contribution in [-0.2, 0) is 4.74 Å². The molecule has 4 nitrogen and oxygen atoms in total. The second-order valence-corrected chi connectivity index (χ2v) is 4.31. The molecule has 1 fully saturated rings. The Balaban J connectivity index is 2.13. The summed E-state index contributed by atoms with van der Waals surface area (Å²) in [6, 6.07) is 3.57. The zero-order valence-electron chi connectivity index (χ0n) is 7.90. The minimum Gasteiger partial charge on any atom is -0.481 e. The lowest BCUT2D eigenvalue weighted by atomic mass is 10.4. The van der Waals surface area contributed by atoms with E-state index in [0.29, 0.717) is 16.8 Å². The van der Waals surface area contributed by atoms with Crippen LogP contribution < -0.4 is 10.5 Å². The Morgan fingerprint density at radius 1 is 1.57 bits per heavy atom. The van der Waals surface area contributed by atoms with Gasteiger partial charge in [0.1, 0.15) is 5.03 Å². The number of nitrogens with zero attached hydrogens (tertiary/aromatic N) is 1. The number of hydrogen-bond donors (Lipinski definition) is 1. The van der Waals surface area contributed by atoms with E-state index in [1.165, 1.54) is 0 Å². The number of nitrogens with two attached hydrogens (primary N) is 1. The summed E-state index contributed by atoms with van der Waals surface area (Å²) in [7, 11) is 1.60. The molecule has 0 saturated carbocycles. The van der Waals surface area contributed by atoms with Gasteiger partial charge in [0.25, 0.3) is 0 Å². The van der Waals surface area contributed by atoms with Gasteiger partial charge >= 0.3 is 0 Å². The lowest BCUT2D eigenvalue weighted by Gasteiger charge is -2.25. The number of thioether (sulfide) groups is 1. The third-order valence-electron chi connectivity index (χ3n) is 1.96. The van der Waals surface area contributed by atoms with Crippen molar-refractivity contribution < 1.29 is 9.47 Å². The molecule has 0 bridgehead atoms. The van der Waals surface area contributed by atoms with Crippen molar-refractivity contribution >= 4 is 17.4 Å². The zero-order chi connectivity index (χ0) is 9.97. The third-order valence-corrected chi connectivity index (χ3v) is 3.11. The van der Waals surface area contributed by atoms with E-state index in [2.05, 4.69) is 4.98 Å². The smallest absolute Gasteiger partial charge is 0.214 e. The summed E-state index contributed by atoms with van der Waals surface area (Å²) < 4.78 is 10.1. The minimum absolute atomic E-state index is 0.483. The molecule has 14 heavy (non-hydrogen) atoms. The van der Waals surface area contributed by atoms with Gasteiger partial charge in [-0.15, -0.1) is 0 Å². The van der Waals surface area contributed by atoms with Gasteiger partial charge in [-0.2, -0.15) is 0 Å². The van der Waals surface area contributed by atoms with E-state index >= 15 is 0 Å². The molecular weight excluding hydrogens is 200 g/mol. The van der Waals surface area contributed by atoms with E-state index in [4.69, 9.17) is 15.2 Å². The van der Waals surface area contributed by atoms with Crippen LogP contribution in [0, 0.1) is 0 Å². The molecule has 0 amide bonds. The Bertz CT molecular complexity index is 329. The molecule has 2 rings (SSSR count). The molecule has 1 aromatic rings. The molecule has 2 N–H and O–H groups in total. The lowest BCUT2D eigenvalue weighted by Crippen LogP contribution is -2.30. The van der Waals surface area contributed by atoms with Crippen LogP contribution >= 0.6 is 11.8 Å². The topological polar surface area (TPSA) is 57.4 Å². The molecule has 0 aliphatic carbocycles. The van der Waals surface area contributed by atoms with Gasteiger partial charge in [-0.25, -0.2) is 4.98 Å². The number of methoxy groups -OCH3 is 1. The highest BCUT2D eigenvalue weighted by Gasteiger charge is 2.21. The Morgan fingerprint density at radius 3 is 2.93 bits per heavy atom. The van der Waals surface area contributed by atoms with Crippen molar-refractivity contribution in [3.8, 4) is 5.88 Å². The lowest BCUT2D eigenvalue weighted by molar-refractivity contribution is 0.0455. The summed E-state index contributed by atoms with van der Waals surface area (Å²) in [5.74, 6) is 0.599. The summed E-state index contributed by atoms with van der Waals surface area (Å²) in [6.07, 6.45) is 0. The van der Waals surface area contributed by atoms with Gasteiger partial charge in [0.05, 0.1) is 31.3 Å². The van der Waals surface area contributed by atoms with Crippen molar-refractivity contribution in [3.63, 3.8) is 0 Å². The summed E-state index contributed by atoms with van der Waals surface area (Å²) >= 11 is 1.65. The van der Waals surface area contributed by atoms with Crippen LogP contribution in [0.3, 0.4) is 0 Å². The molecular formula is C9H12N2O2S. The van der Waals surface area contributed by atoms with E-state index in [9.17, 15) is 0 Å². The molecule has 0 radical (unpaired) electrons. The van der Waals surface area contributed by atoms with E-state index in [1.807, 2.05) is 6.07 Å². The van der Waals surface area contributed by atoms with Crippen molar-refractivity contribution in [1.29, 1.82) is 0 Å². The first-order valence-corrected chi connectivity index (χ1v) is 5.22. The van der Waals surface area contributed by atoms with Gasteiger partial charge in [-0.3, -0.25) is 0 Å². The maximum Gasteiger partial charge on any atom is 0.214 e. The Hall–Kier alpha value is -0.940. The maximum absolute atomic E-state index is 5.79. The van der Waals surface area contributed by atoms with Gasteiger partial charge in [0, 0.05) is 6.07 Å². The minimum atomic E-state index is 0.483. The number of nitrogen functional groups attached to an aromatic ring is 1. The molecule has 1 aromatic heterocycles. The average Bonchev–Trinajstić information content (AvgIpc) is 2.14. The molecule has 2 heterocycles. The maximum atomic E-state index is 5.79. The third kappa shape index (κ3) is 1.93. The SMILES string of the molecule is COc1ccc(N)c(SC2COC2)n1. The first-order valence-electron chi connectivity index (χ1n) is 4.34. The fourth-order valence-electron chi connectivity index (χ4n) is 1.08. The van der Waals surface area contributed by atoms with Crippen LogP contribution in [0.25, 0.3) is 0 Å². The summed E-state index contributed by atoms with van der Waals surface area (Å²) in [6.45, 7) is 1.56. The highest BCUT2D eigenvalue weighted by Crippen LogP contribution is 2.31. The normalized spacial score (nSPS) is 16.4. The monoisotopic (exact) mass is 212 g/mol. The van der Waals surface area contributed by atoms with Crippen LogP contribution in [0.1, 0.15) is 0 Å². The van der Waals surface area contributed by atoms with Crippen LogP contribution in [-0.4, -0.2) is 30.6 Å². The molecule has 0 unspecified atom stereocenters. The quantitative estimate of drug-likeness (QED) is 0.814. The van der Waals surface area contributed by atoms with Crippen LogP contribution in [0.15, 0.2) is 17.2 Å². The standard InChI is InChI=1S/C9H12N2O2S/c1-12-8-3-2-7(10)9(11-8)14-6-4-13-5-6/h2-3,6H,4-5,10H2,1H3. The Morgan fingerprint density at radius 2 is 2.36 bits per heavy atom. The number of ether oxygens (including phenoxy) is 2. The Kier molecular flexibility index (Phi) is 2.79. The molecule has 0 aromatic carbocycles. The van der Waals surface area contributed by atoms with Crippen LogP contribution in [0.2, 0.25) is 0 Å². The number of aromatic nitrogens is 1. The van der Waals surface area contributed by atoms with E-state index in [-0.39, 0.29) is 0 Å². The second kappa shape index (κ2) is 4.06. The van der Waals surface area contributed by atoms with Crippen LogP contribution in [0.5, 0.6) is 5.88 Å². The molecule has 1 saturated heterocycles. The second-order valence-electron chi connectivity index (χ2n) is 3.03. The highest BCUT2D eigenvalue weighted by molar-refractivity contribution is 8.00. The van der Waals surface area contributed by atoms with E-state index < -0.39 is 0 Å². The van der Waals surface area contributed by atoms with Crippen molar-refractivity contribution in [1.82, 2.24) is 4.98 Å². The Labute approximate surface area is 86.8 Å². The van der Waals surface area contributed by atoms with Gasteiger partial charge in [0.2, 0.25) is 5.88 Å². The summed E-state index contributed by atoms with van der Waals surface area (Å²) in [5.41, 5.74) is 6.49. The van der Waals surface area contributed by atoms with Gasteiger partial charge < -0.3 is 15.2 Å². The molecule has 0 atom stereocenters. The number of anilines is 1. The molecule has 5 heteroatoms. The molecule has 76 valence electrons. The van der Waals surface area contributed by atoms with Crippen molar-refractivity contribution in [2.75, 3.05) is 26.1 Å². The summed E-state index contributed by atoms with van der Waals surface area (Å²) in [5, 5.41) is 1.31. The van der Waals surface area contributed by atoms with Crippen molar-refractivity contribution in [2.24, 2.45) is 0 Å². The highest BCUT2D eigenvalue weighted by atomic mass is 32.2. The largest absolute Gasteiger partial charge is 0.481 e. The zero-order valence-corrected chi connectivity index (χ0v) is 8.71. The predicted molar refractivity (Wildman–Crippen MR) is 55.7 cm³/mol.